The largest absolute Gasteiger partial charge is 0.456 e. The molecule has 0 atom stereocenters. The zero-order valence-corrected chi connectivity index (χ0v) is 16.1. The van der Waals surface area contributed by atoms with Gasteiger partial charge in [0.15, 0.2) is 0 Å². The number of aromatic nitrogens is 2. The predicted molar refractivity (Wildman–Crippen MR) is 108 cm³/mol. The van der Waals surface area contributed by atoms with Crippen molar-refractivity contribution < 1.29 is 9.53 Å². The molecule has 0 amide bonds. The number of carbonyl (C=O) groups is 1. The summed E-state index contributed by atoms with van der Waals surface area (Å²) in [6.45, 7) is 14.7. The Labute approximate surface area is 155 Å². The lowest BCUT2D eigenvalue weighted by atomic mass is 10.3. The monoisotopic (exact) mass is 356 g/mol. The quantitative estimate of drug-likeness (QED) is 0.390. The van der Waals surface area contributed by atoms with Gasteiger partial charge in [-0.1, -0.05) is 64.3 Å². The number of hydrogen-bond donors (Lipinski definition) is 0. The molecule has 1 aromatic heterocycles. The van der Waals surface area contributed by atoms with Gasteiger partial charge in [-0.3, -0.25) is 9.36 Å². The summed E-state index contributed by atoms with van der Waals surface area (Å²) in [7, 11) is 0. The molecule has 0 fully saturated rings. The molecular weight excluding hydrogens is 328 g/mol. The van der Waals surface area contributed by atoms with Crippen LogP contribution in [0.4, 0.5) is 0 Å². The number of carbonyl (C=O) groups excluding carboxylic acids is 1. The maximum Gasteiger partial charge on any atom is 0.334 e. The number of nitrogens with zero attached hydrogens (tertiary/aromatic N) is 2. The van der Waals surface area contributed by atoms with Crippen LogP contribution in [-0.4, -0.2) is 15.5 Å². The van der Waals surface area contributed by atoms with Gasteiger partial charge in [0.2, 0.25) is 0 Å². The van der Waals surface area contributed by atoms with Gasteiger partial charge >= 0.3 is 5.97 Å². The van der Waals surface area contributed by atoms with Crippen LogP contribution < -0.4 is 5.56 Å². The van der Waals surface area contributed by atoms with Gasteiger partial charge in [0.1, 0.15) is 12.4 Å². The zero-order chi connectivity index (χ0) is 19.9. The van der Waals surface area contributed by atoms with E-state index in [1.165, 1.54) is 16.7 Å². The van der Waals surface area contributed by atoms with Gasteiger partial charge in [0, 0.05) is 17.8 Å². The Morgan fingerprint density at radius 3 is 2.58 bits per heavy atom. The molecule has 1 rings (SSSR count). The van der Waals surface area contributed by atoms with Crippen molar-refractivity contribution in [2.45, 2.75) is 40.7 Å². The Morgan fingerprint density at radius 1 is 1.31 bits per heavy atom. The molecule has 5 nitrogen and oxygen atoms in total. The second kappa shape index (κ2) is 13.4. The van der Waals surface area contributed by atoms with E-state index < -0.39 is 5.97 Å². The molecule has 0 spiro atoms. The first-order chi connectivity index (χ1) is 12.5. The average molecular weight is 356 g/mol. The van der Waals surface area contributed by atoms with E-state index in [0.29, 0.717) is 17.1 Å². The molecule has 0 saturated carbocycles. The lowest BCUT2D eigenvalue weighted by Gasteiger charge is -2.08. The summed E-state index contributed by atoms with van der Waals surface area (Å²) in [6, 6.07) is 1.34. The van der Waals surface area contributed by atoms with Crippen molar-refractivity contribution in [1.29, 1.82) is 0 Å². The molecule has 1 aromatic rings. The zero-order valence-electron chi connectivity index (χ0n) is 16.1. The molecule has 1 heterocycles. The van der Waals surface area contributed by atoms with Gasteiger partial charge < -0.3 is 4.74 Å². The minimum Gasteiger partial charge on any atom is -0.456 e. The van der Waals surface area contributed by atoms with Crippen LogP contribution in [0, 0.1) is 0 Å². The molecular formula is C21H28N2O3. The van der Waals surface area contributed by atoms with Crippen LogP contribution in [0.25, 0.3) is 12.3 Å². The van der Waals surface area contributed by atoms with E-state index in [1.54, 1.807) is 37.4 Å². The normalized spacial score (nSPS) is 11.2. The second-order valence-electron chi connectivity index (χ2n) is 4.86. The van der Waals surface area contributed by atoms with Crippen molar-refractivity contribution in [3.63, 3.8) is 0 Å². The molecule has 140 valence electrons. The van der Waals surface area contributed by atoms with Gasteiger partial charge in [-0.05, 0) is 19.4 Å². The van der Waals surface area contributed by atoms with E-state index in [-0.39, 0.29) is 12.2 Å². The molecule has 0 N–H and O–H groups in total. The van der Waals surface area contributed by atoms with E-state index in [1.807, 2.05) is 26.8 Å². The highest BCUT2D eigenvalue weighted by molar-refractivity contribution is 5.88. The smallest absolute Gasteiger partial charge is 0.334 e. The molecule has 0 unspecified atom stereocenters. The van der Waals surface area contributed by atoms with E-state index in [4.69, 9.17) is 4.74 Å². The minimum atomic E-state index is -0.472. The predicted octanol–water partition coefficient (Wildman–Crippen LogP) is 4.52. The Morgan fingerprint density at radius 2 is 2.00 bits per heavy atom. The summed E-state index contributed by atoms with van der Waals surface area (Å²) in [5, 5.41) is 0. The fourth-order valence-corrected chi connectivity index (χ4v) is 1.74. The molecule has 0 saturated heterocycles. The van der Waals surface area contributed by atoms with E-state index >= 15 is 0 Å². The third-order valence-corrected chi connectivity index (χ3v) is 2.97. The minimum absolute atomic E-state index is 0.0798. The van der Waals surface area contributed by atoms with Gasteiger partial charge in [-0.2, -0.15) is 0 Å². The van der Waals surface area contributed by atoms with Crippen LogP contribution in [0.15, 0.2) is 60.0 Å². The van der Waals surface area contributed by atoms with Crippen LogP contribution in [0.5, 0.6) is 0 Å². The SMILES string of the molecule is C=C/C=C\C=C(/C)C(=O)OCc1cc(=O)n(/C=C\CC)c(C=C)n1.CC. The average Bonchev–Trinajstić information content (AvgIpc) is 2.66. The number of esters is 1. The van der Waals surface area contributed by atoms with Crippen molar-refractivity contribution in [3.8, 4) is 0 Å². The van der Waals surface area contributed by atoms with Crippen molar-refractivity contribution in [1.82, 2.24) is 9.55 Å². The lowest BCUT2D eigenvalue weighted by molar-refractivity contribution is -0.140. The van der Waals surface area contributed by atoms with Gasteiger partial charge in [-0.15, -0.1) is 0 Å². The highest BCUT2D eigenvalue weighted by Gasteiger charge is 2.09. The molecule has 5 heteroatoms. The molecule has 0 aromatic carbocycles. The van der Waals surface area contributed by atoms with Gasteiger partial charge in [0.25, 0.3) is 5.56 Å². The van der Waals surface area contributed by atoms with Crippen LogP contribution >= 0.6 is 0 Å². The lowest BCUT2D eigenvalue weighted by Crippen LogP contribution is -2.20. The fraction of sp³-hybridized carbons (Fsp3) is 0.286. The number of rotatable bonds is 8. The molecule has 0 aliphatic carbocycles. The summed E-state index contributed by atoms with van der Waals surface area (Å²) in [4.78, 5) is 28.3. The molecule has 0 bridgehead atoms. The molecule has 0 aliphatic heterocycles. The third-order valence-electron chi connectivity index (χ3n) is 2.97. The van der Waals surface area contributed by atoms with Crippen LogP contribution in [0.2, 0.25) is 0 Å². The Bertz CT molecular complexity index is 753. The highest BCUT2D eigenvalue weighted by Crippen LogP contribution is 2.04. The summed E-state index contributed by atoms with van der Waals surface area (Å²) in [5.74, 6) is -0.0693. The topological polar surface area (TPSA) is 61.2 Å². The number of ether oxygens (including phenoxy) is 1. The van der Waals surface area contributed by atoms with E-state index in [9.17, 15) is 9.59 Å². The Hall–Kier alpha value is -2.95. The first kappa shape index (κ1) is 23.1. The number of allylic oxidation sites excluding steroid dienone is 5. The van der Waals surface area contributed by atoms with E-state index in [2.05, 4.69) is 18.1 Å². The Balaban J connectivity index is 0.00000301. The molecule has 0 radical (unpaired) electrons. The first-order valence-electron chi connectivity index (χ1n) is 8.58. The van der Waals surface area contributed by atoms with E-state index in [0.717, 1.165) is 6.42 Å². The summed E-state index contributed by atoms with van der Waals surface area (Å²) in [5.41, 5.74) is 0.562. The van der Waals surface area contributed by atoms with Crippen LogP contribution in [0.3, 0.4) is 0 Å². The van der Waals surface area contributed by atoms with Gasteiger partial charge in [-0.25, -0.2) is 9.78 Å². The van der Waals surface area contributed by atoms with Crippen molar-refractivity contribution >= 4 is 18.2 Å². The maximum atomic E-state index is 12.1. The summed E-state index contributed by atoms with van der Waals surface area (Å²) >= 11 is 0. The number of hydrogen-bond acceptors (Lipinski definition) is 4. The van der Waals surface area contributed by atoms with Crippen LogP contribution in [0.1, 0.15) is 45.6 Å². The fourth-order valence-electron chi connectivity index (χ4n) is 1.74. The highest BCUT2D eigenvalue weighted by atomic mass is 16.5. The maximum absolute atomic E-state index is 12.1. The molecule has 0 aliphatic rings. The second-order valence-corrected chi connectivity index (χ2v) is 4.86. The summed E-state index contributed by atoms with van der Waals surface area (Å²) in [6.07, 6.45) is 12.4. The molecule has 26 heavy (non-hydrogen) atoms. The summed E-state index contributed by atoms with van der Waals surface area (Å²) < 4.78 is 6.56. The third kappa shape index (κ3) is 7.75. The van der Waals surface area contributed by atoms with Crippen molar-refractivity contribution in [2.75, 3.05) is 0 Å². The standard InChI is InChI=1S/C19H22N2O3.C2H6/c1-5-8-10-11-15(4)19(23)24-14-16-13-18(22)21(12-9-6-2)17(7-3)20-16;1-2/h5,7-13H,1,3,6,14H2,2,4H3;1-2H3/b10-8-,12-9-,15-11+;. The van der Waals surface area contributed by atoms with Crippen molar-refractivity contribution in [3.05, 3.63) is 77.0 Å². The first-order valence-corrected chi connectivity index (χ1v) is 8.58. The Kier molecular flexibility index (Phi) is 11.8. The van der Waals surface area contributed by atoms with Gasteiger partial charge in [0.05, 0.1) is 5.69 Å². The van der Waals surface area contributed by atoms with Crippen molar-refractivity contribution in [2.24, 2.45) is 0 Å². The van der Waals surface area contributed by atoms with Crippen LogP contribution in [-0.2, 0) is 16.1 Å².